The van der Waals surface area contributed by atoms with Crippen molar-refractivity contribution < 1.29 is 10.0 Å². The third-order valence-electron chi connectivity index (χ3n) is 1.57. The lowest BCUT2D eigenvalue weighted by Crippen LogP contribution is -1.96. The van der Waals surface area contributed by atoms with Crippen LogP contribution >= 0.6 is 11.8 Å². The summed E-state index contributed by atoms with van der Waals surface area (Å²) < 4.78 is 0. The van der Waals surface area contributed by atoms with E-state index in [1.807, 2.05) is 0 Å². The van der Waals surface area contributed by atoms with E-state index in [9.17, 15) is 10.1 Å². The number of nitrogens with zero attached hydrogens (tertiary/aromatic N) is 2. The molecule has 0 aliphatic rings. The number of nitro groups is 1. The van der Waals surface area contributed by atoms with Crippen molar-refractivity contribution in [1.29, 1.82) is 0 Å². The van der Waals surface area contributed by atoms with Crippen molar-refractivity contribution in [2.75, 3.05) is 18.1 Å². The summed E-state index contributed by atoms with van der Waals surface area (Å²) in [4.78, 5) is 13.9. The van der Waals surface area contributed by atoms with Gasteiger partial charge in [0.05, 0.1) is 11.0 Å². The summed E-state index contributed by atoms with van der Waals surface area (Å²) in [7, 11) is 0. The van der Waals surface area contributed by atoms with Gasteiger partial charge in [0.15, 0.2) is 0 Å². The summed E-state index contributed by atoms with van der Waals surface area (Å²) in [5.41, 5.74) is 5.36. The van der Waals surface area contributed by atoms with Crippen molar-refractivity contribution in [3.8, 4) is 0 Å². The van der Waals surface area contributed by atoms with Gasteiger partial charge in [0.2, 0.25) is 0 Å². The lowest BCUT2D eigenvalue weighted by Gasteiger charge is -2.01. The number of anilines is 1. The first-order chi connectivity index (χ1) is 7.13. The van der Waals surface area contributed by atoms with Crippen LogP contribution in [-0.2, 0) is 0 Å². The number of aliphatic hydroxyl groups excluding tert-OH is 1. The lowest BCUT2D eigenvalue weighted by molar-refractivity contribution is -0.385. The molecule has 1 aromatic heterocycles. The molecule has 1 heterocycles. The highest BCUT2D eigenvalue weighted by Crippen LogP contribution is 2.23. The molecule has 0 atom stereocenters. The van der Waals surface area contributed by atoms with Crippen molar-refractivity contribution in [1.82, 2.24) is 4.98 Å². The fourth-order valence-electron chi connectivity index (χ4n) is 0.932. The van der Waals surface area contributed by atoms with Crippen LogP contribution in [0, 0.1) is 10.1 Å². The molecular formula is C8H11N3O3S. The molecule has 0 radical (unpaired) electrons. The molecule has 0 spiro atoms. The second-order valence-electron chi connectivity index (χ2n) is 2.77. The molecule has 1 aromatic rings. The van der Waals surface area contributed by atoms with Crippen LogP contribution in [0.25, 0.3) is 0 Å². The molecule has 0 aromatic carbocycles. The predicted molar refractivity (Wildman–Crippen MR) is 57.7 cm³/mol. The second-order valence-corrected chi connectivity index (χ2v) is 3.89. The van der Waals surface area contributed by atoms with Crippen molar-refractivity contribution in [3.63, 3.8) is 0 Å². The Labute approximate surface area is 90.7 Å². The van der Waals surface area contributed by atoms with Gasteiger partial charge in [-0.15, -0.1) is 11.8 Å². The average molecular weight is 229 g/mol. The summed E-state index contributed by atoms with van der Waals surface area (Å²) in [5, 5.41) is 19.6. The Morgan fingerprint density at radius 1 is 1.60 bits per heavy atom. The molecule has 0 unspecified atom stereocenters. The molecule has 0 aliphatic heterocycles. The van der Waals surface area contributed by atoms with Crippen molar-refractivity contribution >= 4 is 23.3 Å². The van der Waals surface area contributed by atoms with E-state index in [1.165, 1.54) is 23.9 Å². The lowest BCUT2D eigenvalue weighted by atomic mass is 10.4. The maximum absolute atomic E-state index is 10.5. The Bertz CT molecular complexity index is 359. The van der Waals surface area contributed by atoms with Crippen LogP contribution in [0.2, 0.25) is 0 Å². The van der Waals surface area contributed by atoms with E-state index >= 15 is 0 Å². The molecule has 82 valence electrons. The molecule has 0 bridgehead atoms. The van der Waals surface area contributed by atoms with E-state index < -0.39 is 4.92 Å². The van der Waals surface area contributed by atoms with E-state index in [0.717, 1.165) is 0 Å². The van der Waals surface area contributed by atoms with Gasteiger partial charge in [-0.25, -0.2) is 4.98 Å². The molecule has 0 fully saturated rings. The Morgan fingerprint density at radius 2 is 2.33 bits per heavy atom. The highest BCUT2D eigenvalue weighted by molar-refractivity contribution is 7.99. The van der Waals surface area contributed by atoms with Gasteiger partial charge in [-0.1, -0.05) is 0 Å². The van der Waals surface area contributed by atoms with Crippen molar-refractivity contribution in [2.24, 2.45) is 0 Å². The summed E-state index contributed by atoms with van der Waals surface area (Å²) in [6.07, 6.45) is 0.620. The Morgan fingerprint density at radius 3 is 2.93 bits per heavy atom. The summed E-state index contributed by atoms with van der Waals surface area (Å²) in [6, 6.07) is 2.59. The maximum Gasteiger partial charge on any atom is 0.275 e. The molecule has 15 heavy (non-hydrogen) atoms. The highest BCUT2D eigenvalue weighted by Gasteiger charge is 2.09. The minimum atomic E-state index is -0.506. The Balaban J connectivity index is 2.75. The minimum absolute atomic E-state index is 0.0611. The van der Waals surface area contributed by atoms with Crippen LogP contribution in [0.5, 0.6) is 0 Å². The molecule has 0 saturated carbocycles. The number of rotatable bonds is 5. The highest BCUT2D eigenvalue weighted by atomic mass is 32.2. The molecule has 0 amide bonds. The molecular weight excluding hydrogens is 218 g/mol. The van der Waals surface area contributed by atoms with Crippen LogP contribution in [0.3, 0.4) is 0 Å². The number of aromatic nitrogens is 1. The van der Waals surface area contributed by atoms with E-state index in [4.69, 9.17) is 10.8 Å². The van der Waals surface area contributed by atoms with Gasteiger partial charge < -0.3 is 10.8 Å². The SMILES string of the molecule is Nc1cc([N+](=O)[O-])cc(SCCCO)n1. The van der Waals surface area contributed by atoms with Gasteiger partial charge in [0, 0.05) is 18.4 Å². The quantitative estimate of drug-likeness (QED) is 0.338. The van der Waals surface area contributed by atoms with Crippen LogP contribution in [-0.4, -0.2) is 27.4 Å². The molecule has 6 nitrogen and oxygen atoms in total. The monoisotopic (exact) mass is 229 g/mol. The average Bonchev–Trinajstić information content (AvgIpc) is 2.17. The molecule has 1 rings (SSSR count). The number of hydrogen-bond acceptors (Lipinski definition) is 6. The predicted octanol–water partition coefficient (Wildman–Crippen LogP) is 1.05. The van der Waals surface area contributed by atoms with Gasteiger partial charge in [-0.3, -0.25) is 10.1 Å². The molecule has 0 saturated heterocycles. The topological polar surface area (TPSA) is 102 Å². The first-order valence-electron chi connectivity index (χ1n) is 4.29. The normalized spacial score (nSPS) is 10.2. The maximum atomic E-state index is 10.5. The standard InChI is InChI=1S/C8H11N3O3S/c9-7-4-6(11(13)14)5-8(10-7)15-3-1-2-12/h4-5,12H,1-3H2,(H2,9,10). The number of hydrogen-bond donors (Lipinski definition) is 2. The first-order valence-corrected chi connectivity index (χ1v) is 5.27. The first kappa shape index (κ1) is 11.7. The van der Waals surface area contributed by atoms with Crippen molar-refractivity contribution in [3.05, 3.63) is 22.2 Å². The number of nitrogen functional groups attached to an aromatic ring is 1. The van der Waals surface area contributed by atoms with E-state index in [-0.39, 0.29) is 18.1 Å². The minimum Gasteiger partial charge on any atom is -0.396 e. The zero-order valence-corrected chi connectivity index (χ0v) is 8.74. The number of aliphatic hydroxyl groups is 1. The fourth-order valence-corrected chi connectivity index (χ4v) is 1.79. The van der Waals surface area contributed by atoms with Crippen LogP contribution < -0.4 is 5.73 Å². The summed E-state index contributed by atoms with van der Waals surface area (Å²) >= 11 is 1.34. The second kappa shape index (κ2) is 5.52. The third-order valence-corrected chi connectivity index (χ3v) is 2.57. The van der Waals surface area contributed by atoms with Crippen molar-refractivity contribution in [2.45, 2.75) is 11.4 Å². The Hall–Kier alpha value is -1.34. The van der Waals surface area contributed by atoms with Gasteiger partial charge in [0.1, 0.15) is 10.8 Å². The van der Waals surface area contributed by atoms with Gasteiger partial charge in [-0.05, 0) is 6.42 Å². The van der Waals surface area contributed by atoms with Gasteiger partial charge >= 0.3 is 0 Å². The van der Waals surface area contributed by atoms with E-state index in [2.05, 4.69) is 4.98 Å². The third kappa shape index (κ3) is 3.72. The zero-order valence-electron chi connectivity index (χ0n) is 7.92. The van der Waals surface area contributed by atoms with Crippen LogP contribution in [0.15, 0.2) is 17.2 Å². The number of thioether (sulfide) groups is 1. The summed E-state index contributed by atoms with van der Waals surface area (Å²) in [6.45, 7) is 0.0947. The largest absolute Gasteiger partial charge is 0.396 e. The summed E-state index contributed by atoms with van der Waals surface area (Å²) in [5.74, 6) is 0.792. The van der Waals surface area contributed by atoms with Crippen LogP contribution in [0.1, 0.15) is 6.42 Å². The molecule has 0 aliphatic carbocycles. The van der Waals surface area contributed by atoms with Crippen LogP contribution in [0.4, 0.5) is 11.5 Å². The van der Waals surface area contributed by atoms with Gasteiger partial charge in [0.25, 0.3) is 5.69 Å². The molecule has 3 N–H and O–H groups in total. The number of pyridine rings is 1. The Kier molecular flexibility index (Phi) is 4.32. The fraction of sp³-hybridized carbons (Fsp3) is 0.375. The van der Waals surface area contributed by atoms with E-state index in [1.54, 1.807) is 0 Å². The number of nitrogens with two attached hydrogens (primary N) is 1. The van der Waals surface area contributed by atoms with Gasteiger partial charge in [-0.2, -0.15) is 0 Å². The van der Waals surface area contributed by atoms with E-state index in [0.29, 0.717) is 17.2 Å². The zero-order chi connectivity index (χ0) is 11.3. The smallest absolute Gasteiger partial charge is 0.275 e. The molecule has 7 heteroatoms.